The highest BCUT2D eigenvalue weighted by Gasteiger charge is 2.43. The maximum absolute atomic E-state index is 6.96. The van der Waals surface area contributed by atoms with Crippen molar-refractivity contribution in [2.75, 3.05) is 0 Å². The van der Waals surface area contributed by atoms with Gasteiger partial charge in [-0.15, -0.1) is 0 Å². The lowest BCUT2D eigenvalue weighted by atomic mass is 9.63. The van der Waals surface area contributed by atoms with Crippen molar-refractivity contribution in [1.29, 1.82) is 0 Å². The summed E-state index contributed by atoms with van der Waals surface area (Å²) in [5.41, 5.74) is 11.7. The van der Waals surface area contributed by atoms with E-state index in [4.69, 9.17) is 22.1 Å². The molecule has 0 amide bonds. The van der Waals surface area contributed by atoms with Crippen LogP contribution in [0.4, 0.5) is 0 Å². The molecule has 3 nitrogen and oxygen atoms in total. The van der Waals surface area contributed by atoms with Crippen LogP contribution in [0.5, 0.6) is 5.75 Å². The molecule has 0 spiro atoms. The van der Waals surface area contributed by atoms with Crippen LogP contribution < -0.4 is 15.8 Å². The Bertz CT molecular complexity index is 1090. The van der Waals surface area contributed by atoms with E-state index in [0.717, 1.165) is 38.0 Å². The third-order valence-electron chi connectivity index (χ3n) is 7.09. The highest BCUT2D eigenvalue weighted by Crippen LogP contribution is 2.48. The van der Waals surface area contributed by atoms with Crippen molar-refractivity contribution in [2.24, 2.45) is 5.73 Å². The van der Waals surface area contributed by atoms with Crippen LogP contribution in [-0.2, 0) is 12.0 Å². The fraction of sp³-hybridized carbons (Fsp3) is 0.286. The predicted molar refractivity (Wildman–Crippen MR) is 132 cm³/mol. The van der Waals surface area contributed by atoms with E-state index in [-0.39, 0.29) is 17.6 Å². The number of rotatable bonds is 5. The van der Waals surface area contributed by atoms with Gasteiger partial charge < -0.3 is 15.8 Å². The molecule has 5 rings (SSSR count). The Labute approximate surface area is 195 Å². The van der Waals surface area contributed by atoms with E-state index in [1.54, 1.807) is 0 Å². The van der Waals surface area contributed by atoms with Gasteiger partial charge in [-0.05, 0) is 72.3 Å². The first-order valence-corrected chi connectivity index (χ1v) is 11.8. The van der Waals surface area contributed by atoms with Crippen molar-refractivity contribution in [3.63, 3.8) is 0 Å². The predicted octanol–water partition coefficient (Wildman–Crippen LogP) is 6.37. The largest absolute Gasteiger partial charge is 0.489 e. The number of nitrogens with one attached hydrogen (secondary N) is 1. The maximum Gasteiger partial charge on any atom is 0.138 e. The van der Waals surface area contributed by atoms with Crippen LogP contribution in [0.25, 0.3) is 6.08 Å². The molecule has 0 aromatic heterocycles. The molecule has 0 unspecified atom stereocenters. The van der Waals surface area contributed by atoms with Crippen LogP contribution in [0.15, 0.2) is 79.0 Å². The first-order valence-electron chi connectivity index (χ1n) is 11.4. The summed E-state index contributed by atoms with van der Waals surface area (Å²) < 4.78 is 6.44. The third kappa shape index (κ3) is 4.03. The normalized spacial score (nSPS) is 23.1. The summed E-state index contributed by atoms with van der Waals surface area (Å²) in [7, 11) is 0. The Morgan fingerprint density at radius 1 is 0.969 bits per heavy atom. The summed E-state index contributed by atoms with van der Waals surface area (Å²) >= 11 is 6.57. The Hall–Kier alpha value is -2.75. The topological polar surface area (TPSA) is 47.3 Å². The van der Waals surface area contributed by atoms with Gasteiger partial charge in [-0.25, -0.2) is 0 Å². The minimum atomic E-state index is -0.101. The van der Waals surface area contributed by atoms with Gasteiger partial charge in [-0.3, -0.25) is 0 Å². The smallest absolute Gasteiger partial charge is 0.138 e. The molecule has 1 heterocycles. The van der Waals surface area contributed by atoms with Gasteiger partial charge in [0.2, 0.25) is 0 Å². The number of ether oxygens (including phenoxy) is 1. The van der Waals surface area contributed by atoms with E-state index in [1.165, 1.54) is 22.3 Å². The molecule has 3 aromatic rings. The molecular formula is C28H29ClN2O. The Balaban J connectivity index is 1.37. The molecule has 0 saturated heterocycles. The van der Waals surface area contributed by atoms with E-state index in [2.05, 4.69) is 72.1 Å². The van der Waals surface area contributed by atoms with Gasteiger partial charge in [0.25, 0.3) is 0 Å². The molecule has 0 bridgehead atoms. The number of halogens is 1. The van der Waals surface area contributed by atoms with Crippen LogP contribution >= 0.6 is 11.6 Å². The highest BCUT2D eigenvalue weighted by atomic mass is 35.5. The second-order valence-corrected chi connectivity index (χ2v) is 9.33. The molecule has 2 aliphatic rings. The number of hydrogen-bond acceptors (Lipinski definition) is 3. The molecule has 1 fully saturated rings. The molecule has 32 heavy (non-hydrogen) atoms. The van der Waals surface area contributed by atoms with Gasteiger partial charge in [0, 0.05) is 18.0 Å². The first-order chi connectivity index (χ1) is 15.7. The van der Waals surface area contributed by atoms with Gasteiger partial charge in [-0.2, -0.15) is 0 Å². The Morgan fingerprint density at radius 3 is 2.38 bits per heavy atom. The average Bonchev–Trinajstić information content (AvgIpc) is 2.86. The molecule has 1 aliphatic heterocycles. The zero-order chi connectivity index (χ0) is 22.0. The van der Waals surface area contributed by atoms with Gasteiger partial charge >= 0.3 is 0 Å². The molecule has 3 N–H and O–H groups in total. The van der Waals surface area contributed by atoms with Gasteiger partial charge in [-0.1, -0.05) is 72.3 Å². The number of fused-ring (bicyclic) bond motifs is 1. The van der Waals surface area contributed by atoms with Gasteiger partial charge in [0.15, 0.2) is 0 Å². The van der Waals surface area contributed by atoms with E-state index in [0.29, 0.717) is 5.02 Å². The highest BCUT2D eigenvalue weighted by molar-refractivity contribution is 6.32. The van der Waals surface area contributed by atoms with Gasteiger partial charge in [0.05, 0.1) is 11.1 Å². The van der Waals surface area contributed by atoms with E-state index < -0.39 is 0 Å². The lowest BCUT2D eigenvalue weighted by molar-refractivity contribution is 0.104. The Kier molecular flexibility index (Phi) is 5.95. The maximum atomic E-state index is 6.96. The summed E-state index contributed by atoms with van der Waals surface area (Å²) in [5, 5.41) is 3.91. The van der Waals surface area contributed by atoms with E-state index in [1.807, 2.05) is 18.3 Å². The average molecular weight is 445 g/mol. The fourth-order valence-corrected chi connectivity index (χ4v) is 5.49. The van der Waals surface area contributed by atoms with Gasteiger partial charge in [0.1, 0.15) is 5.75 Å². The number of nitrogens with two attached hydrogens (primary N) is 1. The minimum absolute atomic E-state index is 0.0583. The van der Waals surface area contributed by atoms with Crippen molar-refractivity contribution in [3.8, 4) is 5.75 Å². The molecule has 3 aromatic carbocycles. The molecule has 4 heteroatoms. The van der Waals surface area contributed by atoms with E-state index >= 15 is 0 Å². The van der Waals surface area contributed by atoms with Crippen molar-refractivity contribution in [1.82, 2.24) is 5.32 Å². The van der Waals surface area contributed by atoms with Crippen LogP contribution in [0.1, 0.15) is 54.0 Å². The summed E-state index contributed by atoms with van der Waals surface area (Å²) in [5.74, 6) is 0.779. The molecule has 1 aliphatic carbocycles. The molecule has 1 saturated carbocycles. The second-order valence-electron chi connectivity index (χ2n) is 8.92. The summed E-state index contributed by atoms with van der Waals surface area (Å²) in [6.07, 6.45) is 8.02. The Morgan fingerprint density at radius 2 is 1.66 bits per heavy atom. The van der Waals surface area contributed by atoms with Crippen molar-refractivity contribution in [2.45, 2.75) is 49.8 Å². The molecule has 164 valence electrons. The minimum Gasteiger partial charge on any atom is -0.489 e. The third-order valence-corrected chi connectivity index (χ3v) is 7.38. The standard InChI is InChI=1S/C28H29ClN2O/c29-25-17-22-19-31-16-13-21(22)18-26(25)32-24-11-14-28(15-12-24,23-9-5-2-6-10-23)27(30)20-7-3-1-4-8-20/h1-10,13,16-18,24,27,31H,11-12,14-15,19,30H2/t24-,27-,28+/m1/s1. The zero-order valence-electron chi connectivity index (χ0n) is 18.1. The SMILES string of the molecule is N[C@H](c1ccccc1)[C@]1(c2ccccc2)CC[C@H](Oc2cc3c(cc2Cl)CNC=C3)CC1. The van der Waals surface area contributed by atoms with Crippen LogP contribution in [-0.4, -0.2) is 6.10 Å². The summed E-state index contributed by atoms with van der Waals surface area (Å²) in [4.78, 5) is 0. The number of benzene rings is 3. The summed E-state index contributed by atoms with van der Waals surface area (Å²) in [6.45, 7) is 0.798. The van der Waals surface area contributed by atoms with Crippen LogP contribution in [0.3, 0.4) is 0 Å². The lowest BCUT2D eigenvalue weighted by Gasteiger charge is -2.45. The molecule has 0 radical (unpaired) electrons. The number of hydrogen-bond donors (Lipinski definition) is 2. The van der Waals surface area contributed by atoms with Crippen molar-refractivity contribution in [3.05, 3.63) is 106 Å². The van der Waals surface area contributed by atoms with Crippen LogP contribution in [0, 0.1) is 0 Å². The quantitative estimate of drug-likeness (QED) is 0.480. The monoisotopic (exact) mass is 444 g/mol. The van der Waals surface area contributed by atoms with Crippen LogP contribution in [0.2, 0.25) is 5.02 Å². The fourth-order valence-electron chi connectivity index (χ4n) is 5.26. The molecule has 1 atom stereocenters. The van der Waals surface area contributed by atoms with Crippen molar-refractivity contribution < 1.29 is 4.74 Å². The van der Waals surface area contributed by atoms with E-state index in [9.17, 15) is 0 Å². The zero-order valence-corrected chi connectivity index (χ0v) is 18.9. The molecular weight excluding hydrogens is 416 g/mol. The summed E-state index contributed by atoms with van der Waals surface area (Å²) in [6, 6.07) is 25.3. The van der Waals surface area contributed by atoms with Crippen molar-refractivity contribution >= 4 is 17.7 Å². The first kappa shape index (κ1) is 21.1. The lowest BCUT2D eigenvalue weighted by Crippen LogP contribution is -2.43. The second kappa shape index (κ2) is 9.01.